The number of aliphatic imine (C=N–C) groups is 1. The van der Waals surface area contributed by atoms with Crippen LogP contribution >= 0.6 is 15.9 Å². The van der Waals surface area contributed by atoms with E-state index in [1.54, 1.807) is 28.8 Å². The Morgan fingerprint density at radius 1 is 1.20 bits per heavy atom. The molecule has 9 heteroatoms. The molecule has 154 valence electrons. The smallest absolute Gasteiger partial charge is 0.257 e. The fraction of sp³-hybridized carbons (Fsp3) is 0.143. The highest BCUT2D eigenvalue weighted by Crippen LogP contribution is 2.27. The Labute approximate surface area is 182 Å². The zero-order chi connectivity index (χ0) is 21.5. The Bertz CT molecular complexity index is 1110. The Hall–Kier alpha value is -3.46. The minimum absolute atomic E-state index is 0.183. The highest BCUT2D eigenvalue weighted by molar-refractivity contribution is 9.10. The van der Waals surface area contributed by atoms with Crippen molar-refractivity contribution in [2.24, 2.45) is 10.7 Å². The van der Waals surface area contributed by atoms with Crippen LogP contribution in [-0.4, -0.2) is 40.4 Å². The number of nitrogens with zero attached hydrogens (tertiary/aromatic N) is 3. The van der Waals surface area contributed by atoms with E-state index in [-0.39, 0.29) is 23.7 Å². The first-order chi connectivity index (χ1) is 14.5. The van der Waals surface area contributed by atoms with Crippen molar-refractivity contribution in [3.05, 3.63) is 71.2 Å². The lowest BCUT2D eigenvalue weighted by Crippen LogP contribution is -2.27. The number of hydrogen-bond acceptors (Lipinski definition) is 4. The summed E-state index contributed by atoms with van der Waals surface area (Å²) in [6.45, 7) is 4.25. The van der Waals surface area contributed by atoms with Crippen LogP contribution in [0, 0.1) is 0 Å². The SMILES string of the molecule is C=CC(=O)NCCCN=C(N)n1c(NC(=O)c2ccccc2)nc2cccc(Br)c21. The number of aromatic nitrogens is 2. The molecule has 1 aromatic heterocycles. The van der Waals surface area contributed by atoms with Gasteiger partial charge in [-0.2, -0.15) is 0 Å². The minimum Gasteiger partial charge on any atom is -0.369 e. The molecule has 0 unspecified atom stereocenters. The molecule has 0 aliphatic rings. The third kappa shape index (κ3) is 4.93. The minimum atomic E-state index is -0.303. The summed E-state index contributed by atoms with van der Waals surface area (Å²) in [6.07, 6.45) is 1.81. The van der Waals surface area contributed by atoms with E-state index in [0.29, 0.717) is 36.1 Å². The van der Waals surface area contributed by atoms with Crippen LogP contribution in [0.1, 0.15) is 16.8 Å². The molecule has 3 rings (SSSR count). The van der Waals surface area contributed by atoms with Gasteiger partial charge < -0.3 is 11.1 Å². The summed E-state index contributed by atoms with van der Waals surface area (Å²) in [5.74, 6) is -0.0830. The maximum Gasteiger partial charge on any atom is 0.257 e. The molecule has 4 N–H and O–H groups in total. The second-order valence-corrected chi connectivity index (χ2v) is 7.14. The first kappa shape index (κ1) is 21.3. The summed E-state index contributed by atoms with van der Waals surface area (Å²) >= 11 is 3.52. The number of carbonyl (C=O) groups excluding carboxylic acids is 2. The Morgan fingerprint density at radius 2 is 1.97 bits per heavy atom. The monoisotopic (exact) mass is 468 g/mol. The molecule has 0 aliphatic carbocycles. The fourth-order valence-electron chi connectivity index (χ4n) is 2.78. The van der Waals surface area contributed by atoms with Crippen LogP contribution < -0.4 is 16.4 Å². The topological polar surface area (TPSA) is 114 Å². The molecule has 0 aliphatic heterocycles. The molecule has 0 saturated heterocycles. The molecule has 0 atom stereocenters. The van der Waals surface area contributed by atoms with Crippen molar-refractivity contribution in [3.63, 3.8) is 0 Å². The summed E-state index contributed by atoms with van der Waals surface area (Å²) in [5, 5.41) is 5.50. The van der Waals surface area contributed by atoms with E-state index in [0.717, 1.165) is 4.47 Å². The third-order valence-electron chi connectivity index (χ3n) is 4.21. The van der Waals surface area contributed by atoms with E-state index in [4.69, 9.17) is 5.73 Å². The summed E-state index contributed by atoms with van der Waals surface area (Å²) in [7, 11) is 0. The second-order valence-electron chi connectivity index (χ2n) is 6.29. The van der Waals surface area contributed by atoms with Crippen LogP contribution in [0.15, 0.2) is 70.7 Å². The van der Waals surface area contributed by atoms with Crippen molar-refractivity contribution in [2.75, 3.05) is 18.4 Å². The van der Waals surface area contributed by atoms with Crippen molar-refractivity contribution in [2.45, 2.75) is 6.42 Å². The predicted molar refractivity (Wildman–Crippen MR) is 122 cm³/mol. The first-order valence-electron chi connectivity index (χ1n) is 9.25. The number of carbonyl (C=O) groups is 2. The molecular weight excluding hydrogens is 448 g/mol. The van der Waals surface area contributed by atoms with Gasteiger partial charge in [-0.05, 0) is 52.7 Å². The lowest BCUT2D eigenvalue weighted by molar-refractivity contribution is -0.116. The fourth-order valence-corrected chi connectivity index (χ4v) is 3.32. The number of halogens is 1. The lowest BCUT2D eigenvalue weighted by Gasteiger charge is -2.10. The van der Waals surface area contributed by atoms with Crippen molar-refractivity contribution < 1.29 is 9.59 Å². The van der Waals surface area contributed by atoms with Crippen LogP contribution in [-0.2, 0) is 4.79 Å². The quantitative estimate of drug-likeness (QED) is 0.214. The maximum atomic E-state index is 12.6. The average Bonchev–Trinajstić information content (AvgIpc) is 3.13. The number of benzene rings is 2. The number of fused-ring (bicyclic) bond motifs is 1. The molecule has 0 saturated carbocycles. The van der Waals surface area contributed by atoms with Crippen LogP contribution in [0.2, 0.25) is 0 Å². The number of imidazole rings is 1. The van der Waals surface area contributed by atoms with E-state index < -0.39 is 0 Å². The van der Waals surface area contributed by atoms with Gasteiger partial charge in [0.1, 0.15) is 0 Å². The van der Waals surface area contributed by atoms with E-state index in [2.05, 4.69) is 43.1 Å². The van der Waals surface area contributed by atoms with Gasteiger partial charge in [-0.15, -0.1) is 0 Å². The van der Waals surface area contributed by atoms with Crippen LogP contribution in [0.3, 0.4) is 0 Å². The van der Waals surface area contributed by atoms with Gasteiger partial charge in [0.05, 0.1) is 11.0 Å². The van der Waals surface area contributed by atoms with E-state index in [1.807, 2.05) is 24.3 Å². The van der Waals surface area contributed by atoms with E-state index in [1.165, 1.54) is 6.08 Å². The molecule has 8 nitrogen and oxygen atoms in total. The van der Waals surface area contributed by atoms with Gasteiger partial charge in [0.2, 0.25) is 17.8 Å². The normalized spacial score (nSPS) is 11.3. The molecular formula is C21H21BrN6O2. The van der Waals surface area contributed by atoms with Crippen molar-refractivity contribution >= 4 is 50.7 Å². The van der Waals surface area contributed by atoms with E-state index >= 15 is 0 Å². The zero-order valence-corrected chi connectivity index (χ0v) is 17.7. The summed E-state index contributed by atoms with van der Waals surface area (Å²) in [4.78, 5) is 32.7. The van der Waals surface area contributed by atoms with Gasteiger partial charge in [0.25, 0.3) is 5.91 Å². The van der Waals surface area contributed by atoms with Crippen LogP contribution in [0.25, 0.3) is 11.0 Å². The number of amides is 2. The van der Waals surface area contributed by atoms with E-state index in [9.17, 15) is 9.59 Å². The molecule has 0 spiro atoms. The summed E-state index contributed by atoms with van der Waals surface area (Å²) in [6, 6.07) is 14.4. The van der Waals surface area contributed by atoms with Crippen LogP contribution in [0.5, 0.6) is 0 Å². The summed E-state index contributed by atoms with van der Waals surface area (Å²) < 4.78 is 2.37. The van der Waals surface area contributed by atoms with Gasteiger partial charge in [-0.1, -0.05) is 30.8 Å². The Balaban J connectivity index is 1.87. The second kappa shape index (κ2) is 9.84. The average molecular weight is 469 g/mol. The van der Waals surface area contributed by atoms with Gasteiger partial charge in [0, 0.05) is 23.1 Å². The Morgan fingerprint density at radius 3 is 2.70 bits per heavy atom. The maximum absolute atomic E-state index is 12.6. The number of nitrogens with one attached hydrogen (secondary N) is 2. The largest absolute Gasteiger partial charge is 0.369 e. The highest BCUT2D eigenvalue weighted by Gasteiger charge is 2.18. The lowest BCUT2D eigenvalue weighted by atomic mass is 10.2. The number of rotatable bonds is 7. The van der Waals surface area contributed by atoms with Crippen molar-refractivity contribution in [1.82, 2.24) is 14.9 Å². The van der Waals surface area contributed by atoms with Gasteiger partial charge in [0.15, 0.2) is 0 Å². The van der Waals surface area contributed by atoms with Crippen molar-refractivity contribution in [1.29, 1.82) is 0 Å². The standard InChI is InChI=1S/C21H21BrN6O2/c1-2-17(29)24-12-7-13-25-20(23)28-18-15(22)10-6-11-16(18)26-21(28)27-19(30)14-8-4-3-5-9-14/h2-6,8-11H,1,7,12-13H2,(H2,23,25)(H,24,29)(H,26,27,30). The van der Waals surface area contributed by atoms with Gasteiger partial charge in [-0.3, -0.25) is 19.9 Å². The highest BCUT2D eigenvalue weighted by atomic mass is 79.9. The predicted octanol–water partition coefficient (Wildman–Crippen LogP) is 2.91. The van der Waals surface area contributed by atoms with Crippen molar-refractivity contribution in [3.8, 4) is 0 Å². The molecule has 1 heterocycles. The first-order valence-corrected chi connectivity index (χ1v) is 10.0. The number of para-hydroxylation sites is 1. The third-order valence-corrected chi connectivity index (χ3v) is 4.85. The molecule has 0 fully saturated rings. The van der Waals surface area contributed by atoms with Gasteiger partial charge in [-0.25, -0.2) is 9.55 Å². The molecule has 3 aromatic rings. The molecule has 0 bridgehead atoms. The summed E-state index contributed by atoms with van der Waals surface area (Å²) in [5.41, 5.74) is 8.11. The number of anilines is 1. The molecule has 2 amide bonds. The molecule has 30 heavy (non-hydrogen) atoms. The van der Waals surface area contributed by atoms with Crippen LogP contribution in [0.4, 0.5) is 5.95 Å². The molecule has 2 aromatic carbocycles. The number of hydrogen-bond donors (Lipinski definition) is 3. The Kier molecular flexibility index (Phi) is 6.97. The molecule has 0 radical (unpaired) electrons. The number of nitrogens with two attached hydrogens (primary N) is 1. The van der Waals surface area contributed by atoms with Gasteiger partial charge >= 0.3 is 0 Å². The zero-order valence-electron chi connectivity index (χ0n) is 16.1.